The molecule has 1 aromatic heterocycles. The molecule has 0 radical (unpaired) electrons. The number of aromatic hydroxyl groups is 1. The quantitative estimate of drug-likeness (QED) is 0.778. The predicted octanol–water partition coefficient (Wildman–Crippen LogP) is 3.52. The molecule has 0 fully saturated rings. The monoisotopic (exact) mass is 277 g/mol. The molecule has 3 rings (SSSR count). The van der Waals surface area contributed by atoms with Crippen molar-refractivity contribution >= 4 is 0 Å². The van der Waals surface area contributed by atoms with Gasteiger partial charge in [0.1, 0.15) is 5.75 Å². The Bertz CT molecular complexity index is 821. The number of aromatic nitrogens is 1. The SMILES string of the molecule is Cc1c(O)cc(=O)n(-c2ccccc2)c1-c1ccccc1. The normalized spacial score (nSPS) is 10.5. The van der Waals surface area contributed by atoms with E-state index in [1.165, 1.54) is 6.07 Å². The lowest BCUT2D eigenvalue weighted by Gasteiger charge is -2.16. The van der Waals surface area contributed by atoms with Crippen LogP contribution in [0.25, 0.3) is 16.9 Å². The Morgan fingerprint density at radius 3 is 2.10 bits per heavy atom. The summed E-state index contributed by atoms with van der Waals surface area (Å²) in [6.07, 6.45) is 0. The van der Waals surface area contributed by atoms with Gasteiger partial charge >= 0.3 is 0 Å². The van der Waals surface area contributed by atoms with Crippen LogP contribution in [0, 0.1) is 6.92 Å². The van der Waals surface area contributed by atoms with Crippen LogP contribution in [-0.4, -0.2) is 9.67 Å². The summed E-state index contributed by atoms with van der Waals surface area (Å²) in [7, 11) is 0. The molecule has 21 heavy (non-hydrogen) atoms. The molecule has 0 aliphatic rings. The summed E-state index contributed by atoms with van der Waals surface area (Å²) in [5.41, 5.74) is 2.83. The van der Waals surface area contributed by atoms with Gasteiger partial charge in [-0.15, -0.1) is 0 Å². The molecule has 1 N–H and O–H groups in total. The molecule has 2 aromatic carbocycles. The zero-order valence-electron chi connectivity index (χ0n) is 11.7. The fraction of sp³-hybridized carbons (Fsp3) is 0.0556. The lowest BCUT2D eigenvalue weighted by atomic mass is 10.0. The molecule has 0 aliphatic carbocycles. The molecule has 0 saturated carbocycles. The zero-order chi connectivity index (χ0) is 14.8. The summed E-state index contributed by atoms with van der Waals surface area (Å²) in [4.78, 5) is 12.4. The maximum atomic E-state index is 12.4. The van der Waals surface area contributed by atoms with Gasteiger partial charge in [-0.2, -0.15) is 0 Å². The summed E-state index contributed by atoms with van der Waals surface area (Å²) >= 11 is 0. The number of hydrogen-bond acceptors (Lipinski definition) is 2. The van der Waals surface area contributed by atoms with Crippen molar-refractivity contribution in [1.29, 1.82) is 0 Å². The van der Waals surface area contributed by atoms with E-state index in [9.17, 15) is 9.90 Å². The van der Waals surface area contributed by atoms with Gasteiger partial charge in [0.25, 0.3) is 5.56 Å². The second-order valence-electron chi connectivity index (χ2n) is 4.88. The van der Waals surface area contributed by atoms with Crippen LogP contribution in [0.4, 0.5) is 0 Å². The van der Waals surface area contributed by atoms with Gasteiger partial charge < -0.3 is 5.11 Å². The molecule has 0 unspecified atom stereocenters. The highest BCUT2D eigenvalue weighted by molar-refractivity contribution is 5.68. The van der Waals surface area contributed by atoms with Gasteiger partial charge in [-0.25, -0.2) is 0 Å². The molecule has 3 nitrogen and oxygen atoms in total. The first-order valence-electron chi connectivity index (χ1n) is 6.75. The molecular weight excluding hydrogens is 262 g/mol. The van der Waals surface area contributed by atoms with Crippen LogP contribution in [0.2, 0.25) is 0 Å². The van der Waals surface area contributed by atoms with E-state index in [1.807, 2.05) is 67.6 Å². The standard InChI is InChI=1S/C18H15NO2/c1-13-16(20)12-17(21)19(15-10-6-3-7-11-15)18(13)14-8-4-2-5-9-14/h2-12,20H,1H3. The highest BCUT2D eigenvalue weighted by atomic mass is 16.3. The van der Waals surface area contributed by atoms with Gasteiger partial charge in [-0.1, -0.05) is 48.5 Å². The number of nitrogens with zero attached hydrogens (tertiary/aromatic N) is 1. The minimum atomic E-state index is -0.247. The van der Waals surface area contributed by atoms with E-state index >= 15 is 0 Å². The lowest BCUT2D eigenvalue weighted by Crippen LogP contribution is -2.20. The summed E-state index contributed by atoms with van der Waals surface area (Å²) in [6.45, 7) is 1.82. The van der Waals surface area contributed by atoms with Crippen molar-refractivity contribution in [3.8, 4) is 22.7 Å². The van der Waals surface area contributed by atoms with Gasteiger partial charge in [0.05, 0.1) is 5.69 Å². The summed E-state index contributed by atoms with van der Waals surface area (Å²) in [5.74, 6) is 0.0195. The number of hydrogen-bond donors (Lipinski definition) is 1. The lowest BCUT2D eigenvalue weighted by molar-refractivity contribution is 0.469. The third-order valence-electron chi connectivity index (χ3n) is 3.51. The van der Waals surface area contributed by atoms with Crippen molar-refractivity contribution in [3.05, 3.63) is 82.6 Å². The number of benzene rings is 2. The minimum Gasteiger partial charge on any atom is -0.507 e. The van der Waals surface area contributed by atoms with E-state index in [2.05, 4.69) is 0 Å². The zero-order valence-corrected chi connectivity index (χ0v) is 11.7. The van der Waals surface area contributed by atoms with Gasteiger partial charge in [-0.05, 0) is 24.6 Å². The van der Waals surface area contributed by atoms with Crippen LogP contribution in [0.3, 0.4) is 0 Å². The summed E-state index contributed by atoms with van der Waals surface area (Å²) in [5, 5.41) is 10.0. The maximum absolute atomic E-state index is 12.4. The van der Waals surface area contributed by atoms with Crippen molar-refractivity contribution in [2.24, 2.45) is 0 Å². The summed E-state index contributed by atoms with van der Waals surface area (Å²) < 4.78 is 1.63. The van der Waals surface area contributed by atoms with E-state index in [0.29, 0.717) is 11.3 Å². The average Bonchev–Trinajstić information content (AvgIpc) is 2.52. The van der Waals surface area contributed by atoms with E-state index in [0.717, 1.165) is 11.3 Å². The Morgan fingerprint density at radius 2 is 1.48 bits per heavy atom. The van der Waals surface area contributed by atoms with Gasteiger partial charge in [-0.3, -0.25) is 9.36 Å². The first-order chi connectivity index (χ1) is 10.2. The predicted molar refractivity (Wildman–Crippen MR) is 83.9 cm³/mol. The van der Waals surface area contributed by atoms with E-state index in [4.69, 9.17) is 0 Å². The topological polar surface area (TPSA) is 42.2 Å². The molecule has 0 spiro atoms. The molecule has 3 aromatic rings. The van der Waals surface area contributed by atoms with Crippen LogP contribution < -0.4 is 5.56 Å². The Balaban J connectivity index is 2.40. The summed E-state index contributed by atoms with van der Waals surface area (Å²) in [6, 6.07) is 20.3. The fourth-order valence-corrected chi connectivity index (χ4v) is 2.46. The number of rotatable bonds is 2. The second kappa shape index (κ2) is 5.29. The van der Waals surface area contributed by atoms with Gasteiger partial charge in [0.2, 0.25) is 0 Å². The third kappa shape index (κ3) is 2.34. The molecule has 0 bridgehead atoms. The largest absolute Gasteiger partial charge is 0.507 e. The van der Waals surface area contributed by atoms with Crippen LogP contribution in [0.15, 0.2) is 71.5 Å². The van der Waals surface area contributed by atoms with E-state index in [1.54, 1.807) is 4.57 Å². The highest BCUT2D eigenvalue weighted by Gasteiger charge is 2.14. The smallest absolute Gasteiger partial charge is 0.259 e. The fourth-order valence-electron chi connectivity index (χ4n) is 2.46. The molecule has 0 atom stereocenters. The van der Waals surface area contributed by atoms with E-state index < -0.39 is 0 Å². The highest BCUT2D eigenvalue weighted by Crippen LogP contribution is 2.29. The van der Waals surface area contributed by atoms with Gasteiger partial charge in [0, 0.05) is 17.3 Å². The van der Waals surface area contributed by atoms with Crippen molar-refractivity contribution in [1.82, 2.24) is 4.57 Å². The first-order valence-corrected chi connectivity index (χ1v) is 6.75. The van der Waals surface area contributed by atoms with Crippen LogP contribution in [-0.2, 0) is 0 Å². The Hall–Kier alpha value is -2.81. The molecular formula is C18H15NO2. The van der Waals surface area contributed by atoms with Crippen molar-refractivity contribution in [3.63, 3.8) is 0 Å². The molecule has 3 heteroatoms. The number of pyridine rings is 1. The number of para-hydroxylation sites is 1. The molecule has 0 aliphatic heterocycles. The van der Waals surface area contributed by atoms with Crippen molar-refractivity contribution in [2.45, 2.75) is 6.92 Å². The van der Waals surface area contributed by atoms with Crippen molar-refractivity contribution in [2.75, 3.05) is 0 Å². The minimum absolute atomic E-state index is 0.0195. The Kier molecular flexibility index (Phi) is 3.32. The third-order valence-corrected chi connectivity index (χ3v) is 3.51. The maximum Gasteiger partial charge on any atom is 0.259 e. The van der Waals surface area contributed by atoms with E-state index in [-0.39, 0.29) is 11.3 Å². The molecule has 104 valence electrons. The molecule has 0 amide bonds. The van der Waals surface area contributed by atoms with Crippen LogP contribution in [0.1, 0.15) is 5.56 Å². The average molecular weight is 277 g/mol. The molecule has 0 saturated heterocycles. The second-order valence-corrected chi connectivity index (χ2v) is 4.88. The Morgan fingerprint density at radius 1 is 0.905 bits per heavy atom. The van der Waals surface area contributed by atoms with Crippen LogP contribution in [0.5, 0.6) is 5.75 Å². The first kappa shape index (κ1) is 13.2. The van der Waals surface area contributed by atoms with Crippen LogP contribution >= 0.6 is 0 Å². The van der Waals surface area contributed by atoms with Crippen molar-refractivity contribution < 1.29 is 5.11 Å². The van der Waals surface area contributed by atoms with Gasteiger partial charge in [0.15, 0.2) is 0 Å². The Labute approximate surface area is 122 Å². The molecule has 1 heterocycles.